The molecule has 0 saturated carbocycles. The fourth-order valence-corrected chi connectivity index (χ4v) is 3.02. The van der Waals surface area contributed by atoms with Crippen molar-refractivity contribution in [3.63, 3.8) is 0 Å². The van der Waals surface area contributed by atoms with Crippen LogP contribution in [0.1, 0.15) is 17.7 Å². The Morgan fingerprint density at radius 2 is 2.27 bits per heavy atom. The zero-order valence-corrected chi connectivity index (χ0v) is 12.6. The summed E-state index contributed by atoms with van der Waals surface area (Å²) < 4.78 is 1.55. The van der Waals surface area contributed by atoms with Crippen molar-refractivity contribution in [1.29, 1.82) is 0 Å². The van der Waals surface area contributed by atoms with Crippen LogP contribution in [-0.4, -0.2) is 50.3 Å². The Kier molecular flexibility index (Phi) is 4.24. The molecule has 0 aromatic carbocycles. The van der Waals surface area contributed by atoms with Crippen LogP contribution in [0.3, 0.4) is 0 Å². The number of pyridine rings is 1. The number of hydrogen-bond acceptors (Lipinski definition) is 5. The number of fused-ring (bicyclic) bond motifs is 1. The van der Waals surface area contributed by atoms with Gasteiger partial charge in [0.15, 0.2) is 0 Å². The van der Waals surface area contributed by atoms with Crippen LogP contribution >= 0.6 is 0 Å². The molecule has 2 aromatic rings. The van der Waals surface area contributed by atoms with Crippen molar-refractivity contribution in [3.05, 3.63) is 46.0 Å². The second-order valence-electron chi connectivity index (χ2n) is 6.00. The molecule has 0 amide bonds. The predicted octanol–water partition coefficient (Wildman–Crippen LogP) is 0.178. The maximum Gasteiger partial charge on any atom is 0.258 e. The van der Waals surface area contributed by atoms with E-state index in [9.17, 15) is 15.0 Å². The first-order valence-corrected chi connectivity index (χ1v) is 7.57. The number of aliphatic hydroxyl groups excluding tert-OH is 2. The molecule has 0 aliphatic carbocycles. The van der Waals surface area contributed by atoms with E-state index in [0.717, 1.165) is 18.5 Å². The molecule has 2 aromatic heterocycles. The molecule has 0 unspecified atom stereocenters. The van der Waals surface area contributed by atoms with Crippen LogP contribution in [0.2, 0.25) is 0 Å². The van der Waals surface area contributed by atoms with Gasteiger partial charge in [0.1, 0.15) is 5.65 Å². The Labute approximate surface area is 128 Å². The molecule has 6 nitrogen and oxygen atoms in total. The monoisotopic (exact) mass is 303 g/mol. The van der Waals surface area contributed by atoms with Gasteiger partial charge in [0.05, 0.1) is 11.8 Å². The first-order valence-electron chi connectivity index (χ1n) is 7.57. The Morgan fingerprint density at radius 1 is 1.45 bits per heavy atom. The van der Waals surface area contributed by atoms with Gasteiger partial charge in [-0.25, -0.2) is 4.98 Å². The summed E-state index contributed by atoms with van der Waals surface area (Å²) in [4.78, 5) is 18.8. The van der Waals surface area contributed by atoms with Gasteiger partial charge in [-0.2, -0.15) is 0 Å². The molecule has 3 rings (SSSR count). The maximum atomic E-state index is 12.2. The molecule has 3 heterocycles. The molecule has 0 spiro atoms. The topological polar surface area (TPSA) is 78.1 Å². The average molecular weight is 303 g/mol. The van der Waals surface area contributed by atoms with Gasteiger partial charge in [0, 0.05) is 37.9 Å². The van der Waals surface area contributed by atoms with Gasteiger partial charge in [-0.1, -0.05) is 6.07 Å². The van der Waals surface area contributed by atoms with E-state index in [-0.39, 0.29) is 18.1 Å². The van der Waals surface area contributed by atoms with Crippen LogP contribution in [0.5, 0.6) is 0 Å². The number of hydrogen-bond donors (Lipinski definition) is 2. The minimum absolute atomic E-state index is 0.0176. The molecule has 0 bridgehead atoms. The SMILES string of the molecule is Cc1cccn2c(=O)cc(CN3CC[C@H](CO)[C@H](O)C3)nc12. The lowest BCUT2D eigenvalue weighted by molar-refractivity contribution is -0.00478. The number of aryl methyl sites for hydroxylation is 1. The highest BCUT2D eigenvalue weighted by Crippen LogP contribution is 2.18. The quantitative estimate of drug-likeness (QED) is 0.845. The standard InChI is InChI=1S/C16H21N3O3/c1-11-3-2-5-19-15(22)7-13(17-16(11)19)8-18-6-4-12(10-20)14(21)9-18/h2-3,5,7,12,14,20-21H,4,6,8-10H2,1H3/t12-,14-/m1/s1. The zero-order chi connectivity index (χ0) is 15.7. The highest BCUT2D eigenvalue weighted by molar-refractivity contribution is 5.46. The summed E-state index contributed by atoms with van der Waals surface area (Å²) in [6.07, 6.45) is 1.95. The highest BCUT2D eigenvalue weighted by Gasteiger charge is 2.27. The molecule has 2 atom stereocenters. The molecule has 2 N–H and O–H groups in total. The van der Waals surface area contributed by atoms with E-state index >= 15 is 0 Å². The minimum Gasteiger partial charge on any atom is -0.396 e. The molecule has 1 aliphatic rings. The van der Waals surface area contributed by atoms with Crippen LogP contribution in [0.15, 0.2) is 29.2 Å². The predicted molar refractivity (Wildman–Crippen MR) is 82.7 cm³/mol. The lowest BCUT2D eigenvalue weighted by atomic mass is 9.95. The van der Waals surface area contributed by atoms with Crippen molar-refractivity contribution in [2.24, 2.45) is 5.92 Å². The van der Waals surface area contributed by atoms with Gasteiger partial charge >= 0.3 is 0 Å². The number of rotatable bonds is 3. The Bertz CT molecular complexity index is 728. The van der Waals surface area contributed by atoms with Crippen LogP contribution in [0, 0.1) is 12.8 Å². The Hall–Kier alpha value is -1.76. The van der Waals surface area contributed by atoms with Crippen molar-refractivity contribution in [1.82, 2.24) is 14.3 Å². The van der Waals surface area contributed by atoms with Gasteiger partial charge < -0.3 is 10.2 Å². The van der Waals surface area contributed by atoms with E-state index in [0.29, 0.717) is 24.4 Å². The summed E-state index contributed by atoms with van der Waals surface area (Å²) in [5.41, 5.74) is 2.26. The fraction of sp³-hybridized carbons (Fsp3) is 0.500. The number of aliphatic hydroxyl groups is 2. The average Bonchev–Trinajstić information content (AvgIpc) is 2.49. The smallest absolute Gasteiger partial charge is 0.258 e. The lowest BCUT2D eigenvalue weighted by Gasteiger charge is -2.34. The zero-order valence-electron chi connectivity index (χ0n) is 12.6. The van der Waals surface area contributed by atoms with Gasteiger partial charge in [-0.05, 0) is 31.5 Å². The van der Waals surface area contributed by atoms with Crippen molar-refractivity contribution in [2.45, 2.75) is 26.0 Å². The molecule has 1 aliphatic heterocycles. The van der Waals surface area contributed by atoms with Crippen molar-refractivity contribution >= 4 is 5.65 Å². The van der Waals surface area contributed by atoms with Crippen LogP contribution in [0.4, 0.5) is 0 Å². The summed E-state index contributed by atoms with van der Waals surface area (Å²) >= 11 is 0. The van der Waals surface area contributed by atoms with E-state index in [1.54, 1.807) is 16.7 Å². The summed E-state index contributed by atoms with van der Waals surface area (Å²) in [7, 11) is 0. The third-order valence-corrected chi connectivity index (χ3v) is 4.36. The fourth-order valence-electron chi connectivity index (χ4n) is 3.02. The van der Waals surface area contributed by atoms with Gasteiger partial charge in [0.25, 0.3) is 5.56 Å². The van der Waals surface area contributed by atoms with E-state index < -0.39 is 6.10 Å². The normalized spacial score (nSPS) is 23.0. The van der Waals surface area contributed by atoms with Crippen LogP contribution < -0.4 is 5.56 Å². The molecular weight excluding hydrogens is 282 g/mol. The molecular formula is C16H21N3O3. The minimum atomic E-state index is -0.526. The molecule has 1 saturated heterocycles. The maximum absolute atomic E-state index is 12.2. The van der Waals surface area contributed by atoms with Crippen LogP contribution in [0.25, 0.3) is 5.65 Å². The van der Waals surface area contributed by atoms with Gasteiger partial charge in [0.2, 0.25) is 0 Å². The second kappa shape index (κ2) is 6.16. The number of aromatic nitrogens is 2. The third kappa shape index (κ3) is 2.90. The second-order valence-corrected chi connectivity index (χ2v) is 6.00. The molecule has 22 heavy (non-hydrogen) atoms. The summed E-state index contributed by atoms with van der Waals surface area (Å²) in [6, 6.07) is 5.32. The number of likely N-dealkylation sites (tertiary alicyclic amines) is 1. The molecule has 0 radical (unpaired) electrons. The highest BCUT2D eigenvalue weighted by atomic mass is 16.3. The summed E-state index contributed by atoms with van der Waals surface area (Å²) in [6.45, 7) is 3.78. The van der Waals surface area contributed by atoms with E-state index in [2.05, 4.69) is 9.88 Å². The Balaban J connectivity index is 1.83. The molecule has 1 fully saturated rings. The van der Waals surface area contributed by atoms with E-state index in [1.807, 2.05) is 19.1 Å². The first-order chi connectivity index (χ1) is 10.6. The van der Waals surface area contributed by atoms with Gasteiger partial charge in [-0.3, -0.25) is 14.1 Å². The largest absolute Gasteiger partial charge is 0.396 e. The van der Waals surface area contributed by atoms with Crippen LogP contribution in [-0.2, 0) is 6.54 Å². The van der Waals surface area contributed by atoms with Crippen molar-refractivity contribution in [2.75, 3.05) is 19.7 Å². The third-order valence-electron chi connectivity index (χ3n) is 4.36. The number of nitrogens with zero attached hydrogens (tertiary/aromatic N) is 3. The van der Waals surface area contributed by atoms with E-state index in [4.69, 9.17) is 0 Å². The number of β-amino-alcohol motifs (C(OH)–C–C–N with tert-alkyl or cyclic N) is 1. The Morgan fingerprint density at radius 3 is 3.00 bits per heavy atom. The van der Waals surface area contributed by atoms with E-state index in [1.165, 1.54) is 0 Å². The summed E-state index contributed by atoms with van der Waals surface area (Å²) in [5, 5.41) is 19.2. The first kappa shape index (κ1) is 15.1. The lowest BCUT2D eigenvalue weighted by Crippen LogP contribution is -2.44. The van der Waals surface area contributed by atoms with Crippen molar-refractivity contribution in [3.8, 4) is 0 Å². The summed E-state index contributed by atoms with van der Waals surface area (Å²) in [5.74, 6) is -0.0475. The molecule has 6 heteroatoms. The molecule has 118 valence electrons. The van der Waals surface area contributed by atoms with Crippen molar-refractivity contribution < 1.29 is 10.2 Å². The van der Waals surface area contributed by atoms with Gasteiger partial charge in [-0.15, -0.1) is 0 Å². The number of piperidine rings is 1.